The first-order chi connectivity index (χ1) is 9.19. The number of benzene rings is 1. The summed E-state index contributed by atoms with van der Waals surface area (Å²) in [7, 11) is 0. The lowest BCUT2D eigenvalue weighted by Gasteiger charge is -2.26. The zero-order chi connectivity index (χ0) is 15.3. The van der Waals surface area contributed by atoms with Crippen molar-refractivity contribution in [3.8, 4) is 0 Å². The highest BCUT2D eigenvalue weighted by atomic mass is 35.5. The molecule has 0 bridgehead atoms. The van der Waals surface area contributed by atoms with Gasteiger partial charge < -0.3 is 15.7 Å². The van der Waals surface area contributed by atoms with Crippen LogP contribution in [0.5, 0.6) is 0 Å². The summed E-state index contributed by atoms with van der Waals surface area (Å²) in [6.07, 6.45) is 0.142. The molecule has 6 heteroatoms. The van der Waals surface area contributed by atoms with Crippen LogP contribution in [0.25, 0.3) is 0 Å². The summed E-state index contributed by atoms with van der Waals surface area (Å²) in [6.45, 7) is 6.00. The Morgan fingerprint density at radius 2 is 2.15 bits per heavy atom. The lowest BCUT2D eigenvalue weighted by atomic mass is 9.87. The number of aliphatic hydroxyl groups excluding tert-OH is 1. The van der Waals surface area contributed by atoms with Crippen LogP contribution in [0.15, 0.2) is 18.2 Å². The molecule has 0 radical (unpaired) electrons. The van der Waals surface area contributed by atoms with Crippen molar-refractivity contribution in [1.29, 1.82) is 0 Å². The van der Waals surface area contributed by atoms with Gasteiger partial charge in [-0.2, -0.15) is 0 Å². The quantitative estimate of drug-likeness (QED) is 0.780. The summed E-state index contributed by atoms with van der Waals surface area (Å²) in [5, 5.41) is 14.6. The molecular formula is C14H20ClFN2O2. The average molecular weight is 303 g/mol. The number of rotatable bonds is 5. The molecule has 20 heavy (non-hydrogen) atoms. The Bertz CT molecular complexity index is 478. The third-order valence-electron chi connectivity index (χ3n) is 2.75. The predicted molar refractivity (Wildman–Crippen MR) is 78.5 cm³/mol. The molecule has 4 nitrogen and oxygen atoms in total. The SMILES string of the molecule is CC(O)CC(C)(C)CNC(=O)Nc1ccc(Cl)c(F)c1. The first-order valence-electron chi connectivity index (χ1n) is 6.37. The van der Waals surface area contributed by atoms with Gasteiger partial charge in [-0.05, 0) is 37.0 Å². The maximum absolute atomic E-state index is 13.2. The van der Waals surface area contributed by atoms with Gasteiger partial charge in [0.25, 0.3) is 0 Å². The van der Waals surface area contributed by atoms with Crippen molar-refractivity contribution in [3.05, 3.63) is 29.0 Å². The van der Waals surface area contributed by atoms with Crippen LogP contribution >= 0.6 is 11.6 Å². The lowest BCUT2D eigenvalue weighted by molar-refractivity contribution is 0.129. The van der Waals surface area contributed by atoms with Crippen molar-refractivity contribution in [2.75, 3.05) is 11.9 Å². The predicted octanol–water partition coefficient (Wildman–Crippen LogP) is 3.40. The highest BCUT2D eigenvalue weighted by molar-refractivity contribution is 6.30. The van der Waals surface area contributed by atoms with Gasteiger partial charge in [-0.1, -0.05) is 25.4 Å². The van der Waals surface area contributed by atoms with Gasteiger partial charge >= 0.3 is 6.03 Å². The van der Waals surface area contributed by atoms with Crippen LogP contribution in [0.1, 0.15) is 27.2 Å². The molecular weight excluding hydrogens is 283 g/mol. The molecule has 1 atom stereocenters. The second-order valence-electron chi connectivity index (χ2n) is 5.65. The largest absolute Gasteiger partial charge is 0.393 e. The number of hydrogen-bond donors (Lipinski definition) is 3. The maximum Gasteiger partial charge on any atom is 0.319 e. The maximum atomic E-state index is 13.2. The normalized spacial score (nSPS) is 12.9. The van der Waals surface area contributed by atoms with E-state index < -0.39 is 18.0 Å². The van der Waals surface area contributed by atoms with Crippen LogP contribution < -0.4 is 10.6 Å². The van der Waals surface area contributed by atoms with Gasteiger partial charge in [-0.3, -0.25) is 0 Å². The molecule has 0 aromatic heterocycles. The number of halogens is 2. The molecule has 1 aromatic rings. The number of carbonyl (C=O) groups is 1. The van der Waals surface area contributed by atoms with Crippen molar-refractivity contribution < 1.29 is 14.3 Å². The topological polar surface area (TPSA) is 61.4 Å². The third kappa shape index (κ3) is 5.75. The Kier molecular flexibility index (Phi) is 5.77. The Balaban J connectivity index is 2.49. The van der Waals surface area contributed by atoms with Gasteiger partial charge in [-0.25, -0.2) is 9.18 Å². The monoisotopic (exact) mass is 302 g/mol. The summed E-state index contributed by atoms with van der Waals surface area (Å²) in [5.41, 5.74) is 0.106. The van der Waals surface area contributed by atoms with Crippen molar-refractivity contribution >= 4 is 23.3 Å². The molecule has 0 saturated heterocycles. The highest BCUT2D eigenvalue weighted by Crippen LogP contribution is 2.21. The van der Waals surface area contributed by atoms with Crippen LogP contribution in [0, 0.1) is 11.2 Å². The van der Waals surface area contributed by atoms with Gasteiger partial charge in [0, 0.05) is 12.2 Å². The number of hydrogen-bond acceptors (Lipinski definition) is 2. The fraction of sp³-hybridized carbons (Fsp3) is 0.500. The third-order valence-corrected chi connectivity index (χ3v) is 3.06. The second-order valence-corrected chi connectivity index (χ2v) is 6.06. The minimum atomic E-state index is -0.584. The number of nitrogens with one attached hydrogen (secondary N) is 2. The van der Waals surface area contributed by atoms with E-state index in [1.54, 1.807) is 6.92 Å². The molecule has 2 amide bonds. The van der Waals surface area contributed by atoms with Gasteiger partial charge in [0.2, 0.25) is 0 Å². The van der Waals surface area contributed by atoms with E-state index in [2.05, 4.69) is 10.6 Å². The number of aliphatic hydroxyl groups is 1. The van der Waals surface area contributed by atoms with E-state index in [0.29, 0.717) is 18.7 Å². The number of urea groups is 1. The highest BCUT2D eigenvalue weighted by Gasteiger charge is 2.21. The molecule has 1 rings (SSSR count). The fourth-order valence-electron chi connectivity index (χ4n) is 1.94. The van der Waals surface area contributed by atoms with Gasteiger partial charge in [0.15, 0.2) is 0 Å². The van der Waals surface area contributed by atoms with E-state index in [1.807, 2.05) is 13.8 Å². The smallest absolute Gasteiger partial charge is 0.319 e. The van der Waals surface area contributed by atoms with E-state index in [4.69, 9.17) is 11.6 Å². The van der Waals surface area contributed by atoms with Crippen LogP contribution in [0.2, 0.25) is 5.02 Å². The molecule has 112 valence electrons. The Morgan fingerprint density at radius 1 is 1.50 bits per heavy atom. The summed E-state index contributed by atoms with van der Waals surface area (Å²) in [4.78, 5) is 11.7. The molecule has 0 heterocycles. The Morgan fingerprint density at radius 3 is 2.70 bits per heavy atom. The minimum Gasteiger partial charge on any atom is -0.393 e. The van der Waals surface area contributed by atoms with E-state index in [1.165, 1.54) is 12.1 Å². The fourth-order valence-corrected chi connectivity index (χ4v) is 2.06. The summed E-state index contributed by atoms with van der Waals surface area (Å²) < 4.78 is 13.2. The van der Waals surface area contributed by atoms with E-state index in [-0.39, 0.29) is 10.4 Å². The Hall–Kier alpha value is -1.33. The zero-order valence-electron chi connectivity index (χ0n) is 11.8. The summed E-state index contributed by atoms with van der Waals surface area (Å²) >= 11 is 5.56. The van der Waals surface area contributed by atoms with Gasteiger partial charge in [0.05, 0.1) is 11.1 Å². The average Bonchev–Trinajstić information content (AvgIpc) is 2.30. The van der Waals surface area contributed by atoms with Crippen LogP contribution in [-0.4, -0.2) is 23.8 Å². The Labute approximate surface area is 123 Å². The number of amides is 2. The molecule has 0 aliphatic heterocycles. The molecule has 0 fully saturated rings. The molecule has 0 saturated carbocycles. The van der Waals surface area contributed by atoms with Crippen molar-refractivity contribution in [1.82, 2.24) is 5.32 Å². The number of anilines is 1. The molecule has 3 N–H and O–H groups in total. The van der Waals surface area contributed by atoms with Crippen LogP contribution in [-0.2, 0) is 0 Å². The summed E-state index contributed by atoms with van der Waals surface area (Å²) in [5.74, 6) is -0.584. The molecule has 1 unspecified atom stereocenters. The van der Waals surface area contributed by atoms with Gasteiger partial charge in [0.1, 0.15) is 5.82 Å². The number of carbonyl (C=O) groups excluding carboxylic acids is 1. The molecule has 0 aliphatic carbocycles. The summed E-state index contributed by atoms with van der Waals surface area (Å²) in [6, 6.07) is 3.63. The second kappa shape index (κ2) is 6.90. The van der Waals surface area contributed by atoms with Crippen molar-refractivity contribution in [3.63, 3.8) is 0 Å². The zero-order valence-corrected chi connectivity index (χ0v) is 12.6. The lowest BCUT2D eigenvalue weighted by Crippen LogP contribution is -2.38. The van der Waals surface area contributed by atoms with Crippen molar-refractivity contribution in [2.24, 2.45) is 5.41 Å². The van der Waals surface area contributed by atoms with Crippen molar-refractivity contribution in [2.45, 2.75) is 33.3 Å². The minimum absolute atomic E-state index is 0.00836. The van der Waals surface area contributed by atoms with Gasteiger partial charge in [-0.15, -0.1) is 0 Å². The van der Waals surface area contributed by atoms with E-state index in [9.17, 15) is 14.3 Å². The molecule has 0 aliphatic rings. The standard InChI is InChI=1S/C14H20ClFN2O2/c1-9(19)7-14(2,3)8-17-13(20)18-10-4-5-11(15)12(16)6-10/h4-6,9,19H,7-8H2,1-3H3,(H2,17,18,20). The van der Waals surface area contributed by atoms with Crippen LogP contribution in [0.4, 0.5) is 14.9 Å². The van der Waals surface area contributed by atoms with Crippen LogP contribution in [0.3, 0.4) is 0 Å². The van der Waals surface area contributed by atoms with E-state index >= 15 is 0 Å². The van der Waals surface area contributed by atoms with E-state index in [0.717, 1.165) is 6.07 Å². The first kappa shape index (κ1) is 16.7. The molecule has 0 spiro atoms. The first-order valence-corrected chi connectivity index (χ1v) is 6.75. The molecule has 1 aromatic carbocycles.